The summed E-state index contributed by atoms with van der Waals surface area (Å²) in [6, 6.07) is 35.2. The van der Waals surface area contributed by atoms with Crippen molar-refractivity contribution in [1.29, 1.82) is 0 Å². The topological polar surface area (TPSA) is 141 Å². The van der Waals surface area contributed by atoms with Crippen LogP contribution in [0.15, 0.2) is 115 Å². The van der Waals surface area contributed by atoms with Crippen LogP contribution in [0.25, 0.3) is 0 Å². The van der Waals surface area contributed by atoms with Gasteiger partial charge in [-0.1, -0.05) is 103 Å². The van der Waals surface area contributed by atoms with Gasteiger partial charge in [-0.25, -0.2) is 19.4 Å². The minimum Gasteiger partial charge on any atom is -0.489 e. The van der Waals surface area contributed by atoms with Gasteiger partial charge in [-0.2, -0.15) is 0 Å². The zero-order valence-electron chi connectivity index (χ0n) is 32.2. The number of aliphatic hydroxyl groups excluding tert-OH is 1. The minimum absolute atomic E-state index is 0.0508. The van der Waals surface area contributed by atoms with E-state index in [0.29, 0.717) is 30.8 Å². The molecule has 4 aromatic rings. The molecule has 2 heterocycles. The maximum Gasteiger partial charge on any atom is 0.417 e. The first-order chi connectivity index (χ1) is 27.0. The second kappa shape index (κ2) is 20.4. The van der Waals surface area contributed by atoms with Crippen molar-refractivity contribution in [3.63, 3.8) is 0 Å². The van der Waals surface area contributed by atoms with E-state index in [1.807, 2.05) is 105 Å². The van der Waals surface area contributed by atoms with E-state index in [9.17, 15) is 24.3 Å². The third-order valence-electron chi connectivity index (χ3n) is 8.99. The van der Waals surface area contributed by atoms with Gasteiger partial charge in [0.05, 0.1) is 24.3 Å². The van der Waals surface area contributed by atoms with Crippen molar-refractivity contribution in [2.45, 2.75) is 83.6 Å². The van der Waals surface area contributed by atoms with Crippen molar-refractivity contribution in [3.05, 3.63) is 138 Å². The van der Waals surface area contributed by atoms with E-state index < -0.39 is 36.3 Å². The normalized spacial score (nSPS) is 17.6. The first-order valence-corrected chi connectivity index (χ1v) is 18.8. The maximum absolute atomic E-state index is 13.6. The van der Waals surface area contributed by atoms with Crippen LogP contribution >= 0.6 is 0 Å². The van der Waals surface area contributed by atoms with Crippen LogP contribution in [0.1, 0.15) is 56.1 Å². The quantitative estimate of drug-likeness (QED) is 0.139. The molecule has 2 aliphatic heterocycles. The van der Waals surface area contributed by atoms with Crippen LogP contribution in [-0.4, -0.2) is 89.1 Å². The fourth-order valence-corrected chi connectivity index (χ4v) is 6.28. The molecule has 6 rings (SSSR count). The van der Waals surface area contributed by atoms with E-state index in [2.05, 4.69) is 0 Å². The van der Waals surface area contributed by atoms with E-state index in [0.717, 1.165) is 21.6 Å². The molecule has 2 saturated heterocycles. The lowest BCUT2D eigenvalue weighted by Gasteiger charge is -2.29. The molecule has 0 radical (unpaired) electrons. The Bertz CT molecular complexity index is 1870. The summed E-state index contributed by atoms with van der Waals surface area (Å²) in [5, 5.41) is 11.3. The highest BCUT2D eigenvalue weighted by atomic mass is 16.6. The van der Waals surface area contributed by atoms with Gasteiger partial charge in [0.2, 0.25) is 0 Å². The number of ether oxygens (including phenoxy) is 5. The molecule has 0 bridgehead atoms. The molecule has 12 nitrogen and oxygen atoms in total. The zero-order chi connectivity index (χ0) is 40.0. The second-order valence-corrected chi connectivity index (χ2v) is 14.1. The summed E-state index contributed by atoms with van der Waals surface area (Å²) in [7, 11) is 0. The smallest absolute Gasteiger partial charge is 0.417 e. The van der Waals surface area contributed by atoms with Crippen LogP contribution in [0.4, 0.5) is 9.59 Å². The second-order valence-electron chi connectivity index (χ2n) is 14.1. The number of nitrogens with zero attached hydrogens (tertiary/aromatic N) is 2. The van der Waals surface area contributed by atoms with Gasteiger partial charge in [0, 0.05) is 0 Å². The number of aliphatic hydroxyl groups is 1. The molecule has 0 unspecified atom stereocenters. The number of rotatable bonds is 15. The molecule has 0 spiro atoms. The van der Waals surface area contributed by atoms with Gasteiger partial charge in [0.1, 0.15) is 38.3 Å². The third kappa shape index (κ3) is 11.7. The Morgan fingerprint density at radius 3 is 1.75 bits per heavy atom. The molecule has 4 amide bonds. The Balaban J connectivity index is 0.000000253. The van der Waals surface area contributed by atoms with Crippen LogP contribution in [0.5, 0.6) is 5.75 Å². The average Bonchev–Trinajstić information content (AvgIpc) is 3.76. The first-order valence-electron chi connectivity index (χ1n) is 18.8. The standard InChI is InChI=1S/C29H31NO6.C15H19NO4/c1-20(2)36-27(28(32)30-24(19-35-29(30)33)16-21-10-5-3-6-11-21)26(31)23-14-9-15-25(17-23)34-18-22-12-7-4-8-13-22;1-11(2)19-10-14(17)16-13(9-20-15(16)18)8-12-6-4-3-5-7-12/h3-15,17,20,24,26-27,31H,16,18-19H2,1-2H3;3-7,11,13H,8-10H2,1-2H3/t24-,26+,27-;13-/m00/s1. The van der Waals surface area contributed by atoms with Gasteiger partial charge in [0.15, 0.2) is 6.10 Å². The summed E-state index contributed by atoms with van der Waals surface area (Å²) >= 11 is 0. The van der Waals surface area contributed by atoms with E-state index >= 15 is 0 Å². The van der Waals surface area contributed by atoms with Gasteiger partial charge in [-0.15, -0.1) is 0 Å². The summed E-state index contributed by atoms with van der Waals surface area (Å²) in [5.41, 5.74) is 3.51. The molecule has 0 aromatic heterocycles. The van der Waals surface area contributed by atoms with Crippen molar-refractivity contribution >= 4 is 24.0 Å². The number of amides is 4. The number of hydrogen-bond acceptors (Lipinski definition) is 10. The van der Waals surface area contributed by atoms with Gasteiger partial charge < -0.3 is 28.8 Å². The van der Waals surface area contributed by atoms with Crippen molar-refractivity contribution < 1.29 is 48.0 Å². The molecular weight excluding hydrogens is 716 g/mol. The zero-order valence-corrected chi connectivity index (χ0v) is 32.2. The highest BCUT2D eigenvalue weighted by molar-refractivity contribution is 5.96. The number of hydrogen-bond donors (Lipinski definition) is 1. The lowest BCUT2D eigenvalue weighted by Crippen LogP contribution is -2.49. The predicted molar refractivity (Wildman–Crippen MR) is 208 cm³/mol. The van der Waals surface area contributed by atoms with Crippen molar-refractivity contribution in [2.75, 3.05) is 19.8 Å². The SMILES string of the molecule is CC(C)OCC(=O)N1C(=O)OC[C@@H]1Cc1ccccc1.CC(C)O[C@H](C(=O)N1C(=O)OC[C@@H]1Cc1ccccc1)[C@H](O)c1cccc(OCc2ccccc2)c1. The summed E-state index contributed by atoms with van der Waals surface area (Å²) < 4.78 is 27.2. The summed E-state index contributed by atoms with van der Waals surface area (Å²) in [4.78, 5) is 52.2. The van der Waals surface area contributed by atoms with E-state index in [1.165, 1.54) is 4.90 Å². The maximum atomic E-state index is 13.6. The molecule has 2 fully saturated rings. The van der Waals surface area contributed by atoms with E-state index in [4.69, 9.17) is 23.7 Å². The van der Waals surface area contributed by atoms with Crippen molar-refractivity contribution in [1.82, 2.24) is 9.80 Å². The molecule has 56 heavy (non-hydrogen) atoms. The molecular formula is C44H50N2O10. The number of benzene rings is 4. The average molecular weight is 767 g/mol. The van der Waals surface area contributed by atoms with E-state index in [-0.39, 0.29) is 44.0 Å². The lowest BCUT2D eigenvalue weighted by atomic mass is 10.0. The van der Waals surface area contributed by atoms with Crippen LogP contribution in [0, 0.1) is 0 Å². The Morgan fingerprint density at radius 2 is 1.21 bits per heavy atom. The number of carbonyl (C=O) groups is 4. The highest BCUT2D eigenvalue weighted by Crippen LogP contribution is 2.29. The molecule has 12 heteroatoms. The Labute approximate surface area is 327 Å². The Kier molecular flexibility index (Phi) is 15.1. The van der Waals surface area contributed by atoms with Gasteiger partial charge >= 0.3 is 12.2 Å². The first kappa shape index (κ1) is 41.6. The van der Waals surface area contributed by atoms with Crippen LogP contribution < -0.4 is 4.74 Å². The fourth-order valence-electron chi connectivity index (χ4n) is 6.28. The number of cyclic esters (lactones) is 2. The molecule has 4 aromatic carbocycles. The van der Waals surface area contributed by atoms with Crippen molar-refractivity contribution in [3.8, 4) is 5.75 Å². The monoisotopic (exact) mass is 766 g/mol. The molecule has 296 valence electrons. The third-order valence-corrected chi connectivity index (χ3v) is 8.99. The molecule has 2 aliphatic rings. The number of carbonyl (C=O) groups excluding carboxylic acids is 4. The largest absolute Gasteiger partial charge is 0.489 e. The van der Waals surface area contributed by atoms with Crippen LogP contribution in [-0.2, 0) is 48.0 Å². The lowest BCUT2D eigenvalue weighted by molar-refractivity contribution is -0.154. The molecule has 0 aliphatic carbocycles. The molecule has 0 saturated carbocycles. The predicted octanol–water partition coefficient (Wildman–Crippen LogP) is 6.68. The Morgan fingerprint density at radius 1 is 0.696 bits per heavy atom. The fraction of sp³-hybridized carbons (Fsp3) is 0.364. The summed E-state index contributed by atoms with van der Waals surface area (Å²) in [6.45, 7) is 7.83. The summed E-state index contributed by atoms with van der Waals surface area (Å²) in [5.74, 6) is -0.425. The molecule has 1 N–H and O–H groups in total. The Hall–Kier alpha value is -5.56. The van der Waals surface area contributed by atoms with Crippen LogP contribution in [0.2, 0.25) is 0 Å². The number of imide groups is 2. The van der Waals surface area contributed by atoms with Crippen molar-refractivity contribution in [2.24, 2.45) is 0 Å². The summed E-state index contributed by atoms with van der Waals surface area (Å²) in [6.07, 6.45) is -3.29. The van der Waals surface area contributed by atoms with Gasteiger partial charge in [-0.3, -0.25) is 9.59 Å². The van der Waals surface area contributed by atoms with E-state index in [1.54, 1.807) is 38.1 Å². The van der Waals surface area contributed by atoms with Gasteiger partial charge in [0.25, 0.3) is 11.8 Å². The van der Waals surface area contributed by atoms with Gasteiger partial charge in [-0.05, 0) is 74.9 Å². The minimum atomic E-state index is -1.31. The highest BCUT2D eigenvalue weighted by Gasteiger charge is 2.44. The molecule has 4 atom stereocenters. The van der Waals surface area contributed by atoms with Crippen LogP contribution in [0.3, 0.4) is 0 Å².